The molecular weight excluding hydrogens is 252 g/mol. The SMILES string of the molecule is CCc1ccc(CN2C[C@H](c3ncn[nH]3)CC2=O)cc1. The number of H-pyrrole nitrogens is 1. The van der Waals surface area contributed by atoms with E-state index in [9.17, 15) is 4.79 Å². The Labute approximate surface area is 118 Å². The first kappa shape index (κ1) is 12.8. The normalized spacial score (nSPS) is 18.8. The lowest BCUT2D eigenvalue weighted by atomic mass is 10.1. The third-order valence-electron chi connectivity index (χ3n) is 3.84. The molecule has 0 unspecified atom stereocenters. The third-order valence-corrected chi connectivity index (χ3v) is 3.84. The number of hydrogen-bond acceptors (Lipinski definition) is 3. The van der Waals surface area contributed by atoms with Gasteiger partial charge in [0.05, 0.1) is 0 Å². The lowest BCUT2D eigenvalue weighted by Crippen LogP contribution is -2.24. The number of hydrogen-bond donors (Lipinski definition) is 1. The number of nitrogens with one attached hydrogen (secondary N) is 1. The molecule has 2 heterocycles. The monoisotopic (exact) mass is 270 g/mol. The molecule has 1 aliphatic heterocycles. The number of carbonyl (C=O) groups excluding carboxylic acids is 1. The minimum Gasteiger partial charge on any atom is -0.338 e. The van der Waals surface area contributed by atoms with Crippen molar-refractivity contribution >= 4 is 5.91 Å². The van der Waals surface area contributed by atoms with E-state index in [1.807, 2.05) is 4.90 Å². The summed E-state index contributed by atoms with van der Waals surface area (Å²) in [7, 11) is 0. The summed E-state index contributed by atoms with van der Waals surface area (Å²) in [5.41, 5.74) is 2.50. The van der Waals surface area contributed by atoms with Gasteiger partial charge >= 0.3 is 0 Å². The molecule has 104 valence electrons. The average molecular weight is 270 g/mol. The number of aromatic amines is 1. The molecule has 0 aliphatic carbocycles. The van der Waals surface area contributed by atoms with E-state index in [0.29, 0.717) is 19.5 Å². The molecule has 1 fully saturated rings. The molecule has 20 heavy (non-hydrogen) atoms. The predicted octanol–water partition coefficient (Wildman–Crippen LogP) is 1.88. The van der Waals surface area contributed by atoms with E-state index in [-0.39, 0.29) is 11.8 Å². The molecule has 1 aromatic heterocycles. The van der Waals surface area contributed by atoms with Gasteiger partial charge in [0.1, 0.15) is 12.2 Å². The summed E-state index contributed by atoms with van der Waals surface area (Å²) < 4.78 is 0. The number of amides is 1. The van der Waals surface area contributed by atoms with Gasteiger partial charge in [0.15, 0.2) is 0 Å². The Bertz CT molecular complexity index is 576. The number of carbonyl (C=O) groups is 1. The number of likely N-dealkylation sites (tertiary alicyclic amines) is 1. The van der Waals surface area contributed by atoms with Crippen molar-refractivity contribution in [2.45, 2.75) is 32.2 Å². The van der Waals surface area contributed by atoms with E-state index in [2.05, 4.69) is 46.4 Å². The zero-order valence-corrected chi connectivity index (χ0v) is 11.5. The van der Waals surface area contributed by atoms with Crippen molar-refractivity contribution < 1.29 is 4.79 Å². The lowest BCUT2D eigenvalue weighted by Gasteiger charge is -2.16. The molecule has 2 aromatic rings. The summed E-state index contributed by atoms with van der Waals surface area (Å²) in [6.07, 6.45) is 3.05. The lowest BCUT2D eigenvalue weighted by molar-refractivity contribution is -0.128. The second-order valence-electron chi connectivity index (χ2n) is 5.22. The second kappa shape index (κ2) is 5.45. The van der Waals surface area contributed by atoms with E-state index in [1.165, 1.54) is 17.5 Å². The summed E-state index contributed by atoms with van der Waals surface area (Å²) in [4.78, 5) is 18.1. The Morgan fingerprint density at radius 1 is 1.30 bits per heavy atom. The van der Waals surface area contributed by atoms with Gasteiger partial charge in [0.25, 0.3) is 0 Å². The van der Waals surface area contributed by atoms with E-state index in [4.69, 9.17) is 0 Å². The van der Waals surface area contributed by atoms with Crippen LogP contribution < -0.4 is 0 Å². The molecule has 0 saturated carbocycles. The first-order valence-corrected chi connectivity index (χ1v) is 6.97. The van der Waals surface area contributed by atoms with Gasteiger partial charge in [-0.1, -0.05) is 31.2 Å². The summed E-state index contributed by atoms with van der Waals surface area (Å²) in [6.45, 7) is 3.53. The van der Waals surface area contributed by atoms with Crippen molar-refractivity contribution in [3.63, 3.8) is 0 Å². The molecule has 1 N–H and O–H groups in total. The highest BCUT2D eigenvalue weighted by Crippen LogP contribution is 2.26. The van der Waals surface area contributed by atoms with Crippen LogP contribution in [0.15, 0.2) is 30.6 Å². The maximum Gasteiger partial charge on any atom is 0.223 e. The quantitative estimate of drug-likeness (QED) is 0.922. The van der Waals surface area contributed by atoms with Gasteiger partial charge in [-0.15, -0.1) is 0 Å². The van der Waals surface area contributed by atoms with E-state index < -0.39 is 0 Å². The number of aryl methyl sites for hydroxylation is 1. The summed E-state index contributed by atoms with van der Waals surface area (Å²) in [5.74, 6) is 1.13. The van der Waals surface area contributed by atoms with Gasteiger partial charge in [0, 0.05) is 25.4 Å². The Morgan fingerprint density at radius 2 is 2.05 bits per heavy atom. The molecule has 1 saturated heterocycles. The highest BCUT2D eigenvalue weighted by molar-refractivity contribution is 5.79. The van der Waals surface area contributed by atoms with Crippen LogP contribution in [0.2, 0.25) is 0 Å². The minimum atomic E-state index is 0.139. The van der Waals surface area contributed by atoms with Crippen molar-refractivity contribution in [3.8, 4) is 0 Å². The molecule has 5 heteroatoms. The molecular formula is C15H18N4O. The van der Waals surface area contributed by atoms with Crippen LogP contribution in [-0.4, -0.2) is 32.5 Å². The molecule has 5 nitrogen and oxygen atoms in total. The molecule has 3 rings (SSSR count). The van der Waals surface area contributed by atoms with Gasteiger partial charge in [-0.05, 0) is 17.5 Å². The van der Waals surface area contributed by atoms with Crippen LogP contribution >= 0.6 is 0 Å². The van der Waals surface area contributed by atoms with Crippen LogP contribution in [-0.2, 0) is 17.8 Å². The Kier molecular flexibility index (Phi) is 3.50. The number of benzene rings is 1. The second-order valence-corrected chi connectivity index (χ2v) is 5.22. The third kappa shape index (κ3) is 2.57. The van der Waals surface area contributed by atoms with E-state index in [1.54, 1.807) is 0 Å². The zero-order chi connectivity index (χ0) is 13.9. The fraction of sp³-hybridized carbons (Fsp3) is 0.400. The van der Waals surface area contributed by atoms with Gasteiger partial charge in [0.2, 0.25) is 5.91 Å². The Balaban J connectivity index is 1.67. The largest absolute Gasteiger partial charge is 0.338 e. The van der Waals surface area contributed by atoms with Crippen LogP contribution in [0, 0.1) is 0 Å². The molecule has 1 atom stereocenters. The van der Waals surface area contributed by atoms with Crippen molar-refractivity contribution in [1.82, 2.24) is 20.1 Å². The van der Waals surface area contributed by atoms with Gasteiger partial charge in [-0.25, -0.2) is 4.98 Å². The van der Waals surface area contributed by atoms with Crippen LogP contribution in [0.25, 0.3) is 0 Å². The smallest absolute Gasteiger partial charge is 0.223 e. The van der Waals surface area contributed by atoms with Crippen molar-refractivity contribution in [2.75, 3.05) is 6.54 Å². The van der Waals surface area contributed by atoms with Crippen LogP contribution in [0.3, 0.4) is 0 Å². The van der Waals surface area contributed by atoms with Gasteiger partial charge in [-0.3, -0.25) is 9.89 Å². The number of aromatic nitrogens is 3. The summed E-state index contributed by atoms with van der Waals surface area (Å²) in [6, 6.07) is 8.47. The Morgan fingerprint density at radius 3 is 2.70 bits per heavy atom. The summed E-state index contributed by atoms with van der Waals surface area (Å²) >= 11 is 0. The molecule has 0 radical (unpaired) electrons. The first-order chi connectivity index (χ1) is 9.76. The molecule has 1 aliphatic rings. The molecule has 1 amide bonds. The topological polar surface area (TPSA) is 61.9 Å². The standard InChI is InChI=1S/C15H18N4O/c1-2-11-3-5-12(6-4-11)8-19-9-13(7-14(19)20)15-16-10-17-18-15/h3-6,10,13H,2,7-9H2,1H3,(H,16,17,18)/t13-/m1/s1. The fourth-order valence-electron chi connectivity index (χ4n) is 2.62. The van der Waals surface area contributed by atoms with Crippen LogP contribution in [0.1, 0.15) is 36.2 Å². The highest BCUT2D eigenvalue weighted by Gasteiger charge is 2.32. The summed E-state index contributed by atoms with van der Waals surface area (Å²) in [5, 5.41) is 6.71. The maximum atomic E-state index is 12.1. The average Bonchev–Trinajstić information content (AvgIpc) is 3.10. The van der Waals surface area contributed by atoms with Crippen LogP contribution in [0.4, 0.5) is 0 Å². The van der Waals surface area contributed by atoms with Gasteiger partial charge < -0.3 is 4.90 Å². The van der Waals surface area contributed by atoms with E-state index in [0.717, 1.165) is 12.2 Å². The zero-order valence-electron chi connectivity index (χ0n) is 11.5. The van der Waals surface area contributed by atoms with Crippen molar-refractivity contribution in [1.29, 1.82) is 0 Å². The van der Waals surface area contributed by atoms with Crippen molar-refractivity contribution in [3.05, 3.63) is 47.5 Å². The predicted molar refractivity (Wildman–Crippen MR) is 75.0 cm³/mol. The number of nitrogens with zero attached hydrogens (tertiary/aromatic N) is 3. The molecule has 0 spiro atoms. The fourth-order valence-corrected chi connectivity index (χ4v) is 2.62. The van der Waals surface area contributed by atoms with Crippen LogP contribution in [0.5, 0.6) is 0 Å². The molecule has 0 bridgehead atoms. The molecule has 1 aromatic carbocycles. The number of rotatable bonds is 4. The van der Waals surface area contributed by atoms with Crippen molar-refractivity contribution in [2.24, 2.45) is 0 Å². The minimum absolute atomic E-state index is 0.139. The van der Waals surface area contributed by atoms with Gasteiger partial charge in [-0.2, -0.15) is 5.10 Å². The van der Waals surface area contributed by atoms with E-state index >= 15 is 0 Å². The first-order valence-electron chi connectivity index (χ1n) is 6.97. The Hall–Kier alpha value is -2.17. The maximum absolute atomic E-state index is 12.1. The highest BCUT2D eigenvalue weighted by atomic mass is 16.2.